The van der Waals surface area contributed by atoms with Crippen molar-refractivity contribution >= 4 is 5.84 Å². The molecule has 0 radical (unpaired) electrons. The highest BCUT2D eigenvalue weighted by atomic mass is 15.3. The first kappa shape index (κ1) is 11.8. The monoisotopic (exact) mass is 208 g/mol. The maximum absolute atomic E-state index is 7.29. The van der Waals surface area contributed by atoms with E-state index >= 15 is 0 Å². The molecule has 0 saturated carbocycles. The van der Waals surface area contributed by atoms with Crippen LogP contribution in [0, 0.1) is 19.3 Å². The molecule has 84 valence electrons. The van der Waals surface area contributed by atoms with E-state index in [1.165, 1.54) is 11.3 Å². The molecule has 0 aliphatic rings. The molecule has 0 amide bonds. The number of nitrogens with two attached hydrogens (primary N) is 1. The molecule has 0 aromatic carbocycles. The van der Waals surface area contributed by atoms with E-state index in [2.05, 4.69) is 18.9 Å². The molecule has 4 nitrogen and oxygen atoms in total. The van der Waals surface area contributed by atoms with Gasteiger partial charge in [0.1, 0.15) is 0 Å². The Morgan fingerprint density at radius 1 is 1.53 bits per heavy atom. The number of nitrogens with one attached hydrogen (secondary N) is 1. The van der Waals surface area contributed by atoms with E-state index in [0.717, 1.165) is 12.1 Å². The highest BCUT2D eigenvalue weighted by Crippen LogP contribution is 2.19. The highest BCUT2D eigenvalue weighted by molar-refractivity contribution is 5.77. The standard InChI is InChI=1S/C11H20N4/c1-5-10-8(3)14-15(9(10)4)7(2)6-11(12)13/h7H,5-6H2,1-4H3,(H3,12,13). The summed E-state index contributed by atoms with van der Waals surface area (Å²) in [5.74, 6) is 0.216. The van der Waals surface area contributed by atoms with Crippen molar-refractivity contribution in [1.29, 1.82) is 5.41 Å². The van der Waals surface area contributed by atoms with Gasteiger partial charge < -0.3 is 5.73 Å². The molecule has 0 saturated heterocycles. The number of hydrogen-bond acceptors (Lipinski definition) is 2. The van der Waals surface area contributed by atoms with Crippen LogP contribution >= 0.6 is 0 Å². The second-order valence-electron chi connectivity index (χ2n) is 4.03. The fourth-order valence-electron chi connectivity index (χ4n) is 2.04. The fourth-order valence-corrected chi connectivity index (χ4v) is 2.04. The van der Waals surface area contributed by atoms with Gasteiger partial charge in [-0.05, 0) is 32.8 Å². The van der Waals surface area contributed by atoms with Gasteiger partial charge in [-0.25, -0.2) is 0 Å². The first-order chi connectivity index (χ1) is 6.97. The minimum atomic E-state index is 0.168. The van der Waals surface area contributed by atoms with E-state index in [-0.39, 0.29) is 11.9 Å². The topological polar surface area (TPSA) is 67.7 Å². The van der Waals surface area contributed by atoms with Gasteiger partial charge in [-0.1, -0.05) is 6.92 Å². The number of amidine groups is 1. The zero-order valence-corrected chi connectivity index (χ0v) is 9.96. The average Bonchev–Trinajstić information content (AvgIpc) is 2.40. The van der Waals surface area contributed by atoms with Crippen molar-refractivity contribution in [1.82, 2.24) is 9.78 Å². The zero-order chi connectivity index (χ0) is 11.6. The highest BCUT2D eigenvalue weighted by Gasteiger charge is 2.14. The van der Waals surface area contributed by atoms with Crippen molar-refractivity contribution in [2.24, 2.45) is 5.73 Å². The molecule has 1 aromatic rings. The van der Waals surface area contributed by atoms with Crippen LogP contribution in [0.5, 0.6) is 0 Å². The van der Waals surface area contributed by atoms with Gasteiger partial charge in [0.15, 0.2) is 0 Å². The predicted molar refractivity (Wildman–Crippen MR) is 62.3 cm³/mol. The second kappa shape index (κ2) is 4.47. The molecule has 0 aliphatic carbocycles. The van der Waals surface area contributed by atoms with Crippen LogP contribution in [0.15, 0.2) is 0 Å². The summed E-state index contributed by atoms with van der Waals surface area (Å²) >= 11 is 0. The Balaban J connectivity index is 2.99. The van der Waals surface area contributed by atoms with Crippen LogP contribution in [-0.4, -0.2) is 15.6 Å². The first-order valence-corrected chi connectivity index (χ1v) is 5.34. The number of aromatic nitrogens is 2. The third-order valence-corrected chi connectivity index (χ3v) is 2.76. The molecule has 1 heterocycles. The molecular weight excluding hydrogens is 188 g/mol. The molecule has 15 heavy (non-hydrogen) atoms. The third-order valence-electron chi connectivity index (χ3n) is 2.76. The summed E-state index contributed by atoms with van der Waals surface area (Å²) in [7, 11) is 0. The maximum Gasteiger partial charge on any atom is 0.0926 e. The van der Waals surface area contributed by atoms with Gasteiger partial charge in [0, 0.05) is 12.1 Å². The molecule has 1 unspecified atom stereocenters. The van der Waals surface area contributed by atoms with Crippen LogP contribution in [0.4, 0.5) is 0 Å². The summed E-state index contributed by atoms with van der Waals surface area (Å²) in [5, 5.41) is 11.8. The van der Waals surface area contributed by atoms with E-state index in [9.17, 15) is 0 Å². The van der Waals surface area contributed by atoms with Crippen molar-refractivity contribution in [2.75, 3.05) is 0 Å². The van der Waals surface area contributed by atoms with Crippen molar-refractivity contribution in [3.05, 3.63) is 17.0 Å². The van der Waals surface area contributed by atoms with E-state index < -0.39 is 0 Å². The van der Waals surface area contributed by atoms with Crippen LogP contribution in [0.25, 0.3) is 0 Å². The van der Waals surface area contributed by atoms with Crippen molar-refractivity contribution < 1.29 is 0 Å². The van der Waals surface area contributed by atoms with Crippen molar-refractivity contribution in [2.45, 2.75) is 46.6 Å². The predicted octanol–water partition coefficient (Wildman–Crippen LogP) is 1.95. The smallest absolute Gasteiger partial charge is 0.0926 e. The normalized spacial score (nSPS) is 12.8. The van der Waals surface area contributed by atoms with Crippen molar-refractivity contribution in [3.63, 3.8) is 0 Å². The Morgan fingerprint density at radius 2 is 2.13 bits per heavy atom. The minimum Gasteiger partial charge on any atom is -0.388 e. The van der Waals surface area contributed by atoms with Gasteiger partial charge in [0.2, 0.25) is 0 Å². The van der Waals surface area contributed by atoms with Gasteiger partial charge in [-0.3, -0.25) is 10.1 Å². The Hall–Kier alpha value is -1.32. The summed E-state index contributed by atoms with van der Waals surface area (Å²) in [6, 6.07) is 0.168. The van der Waals surface area contributed by atoms with Gasteiger partial charge in [0.25, 0.3) is 0 Å². The first-order valence-electron chi connectivity index (χ1n) is 5.34. The Kier molecular flexibility index (Phi) is 3.50. The summed E-state index contributed by atoms with van der Waals surface area (Å²) in [6.45, 7) is 8.29. The van der Waals surface area contributed by atoms with Gasteiger partial charge in [0.05, 0.1) is 17.6 Å². The molecule has 0 spiro atoms. The summed E-state index contributed by atoms with van der Waals surface area (Å²) < 4.78 is 1.98. The van der Waals surface area contributed by atoms with Gasteiger partial charge >= 0.3 is 0 Å². The van der Waals surface area contributed by atoms with Crippen LogP contribution in [0.2, 0.25) is 0 Å². The molecule has 1 aromatic heterocycles. The van der Waals surface area contributed by atoms with Crippen molar-refractivity contribution in [3.8, 4) is 0 Å². The fraction of sp³-hybridized carbons (Fsp3) is 0.636. The molecule has 0 bridgehead atoms. The lowest BCUT2D eigenvalue weighted by Crippen LogP contribution is -2.18. The number of nitrogens with zero attached hydrogens (tertiary/aromatic N) is 2. The van der Waals surface area contributed by atoms with Crippen LogP contribution in [0.1, 0.15) is 43.3 Å². The number of aryl methyl sites for hydroxylation is 1. The quantitative estimate of drug-likeness (QED) is 0.586. The van der Waals surface area contributed by atoms with Crippen LogP contribution < -0.4 is 5.73 Å². The number of hydrogen-bond donors (Lipinski definition) is 2. The lowest BCUT2D eigenvalue weighted by molar-refractivity contribution is 0.490. The van der Waals surface area contributed by atoms with E-state index in [1.807, 2.05) is 18.5 Å². The zero-order valence-electron chi connectivity index (χ0n) is 9.96. The Labute approximate surface area is 91.0 Å². The molecule has 0 aliphatic heterocycles. The molecular formula is C11H20N4. The molecule has 1 rings (SSSR count). The largest absolute Gasteiger partial charge is 0.388 e. The summed E-state index contributed by atoms with van der Waals surface area (Å²) in [6.07, 6.45) is 1.57. The van der Waals surface area contributed by atoms with E-state index in [1.54, 1.807) is 0 Å². The lowest BCUT2D eigenvalue weighted by Gasteiger charge is -2.13. The number of rotatable bonds is 4. The molecule has 1 atom stereocenters. The summed E-state index contributed by atoms with van der Waals surface area (Å²) in [5.41, 5.74) is 9.00. The minimum absolute atomic E-state index is 0.168. The molecule has 4 heteroatoms. The van der Waals surface area contributed by atoms with Gasteiger partial charge in [-0.15, -0.1) is 0 Å². The lowest BCUT2D eigenvalue weighted by atomic mass is 10.1. The SMILES string of the molecule is CCc1c(C)nn(C(C)CC(=N)N)c1C. The van der Waals surface area contributed by atoms with Gasteiger partial charge in [-0.2, -0.15) is 5.10 Å². The summed E-state index contributed by atoms with van der Waals surface area (Å²) in [4.78, 5) is 0. The third kappa shape index (κ3) is 2.37. The second-order valence-corrected chi connectivity index (χ2v) is 4.03. The van der Waals surface area contributed by atoms with E-state index in [0.29, 0.717) is 6.42 Å². The Bertz CT molecular complexity index is 365. The Morgan fingerprint density at radius 3 is 2.53 bits per heavy atom. The van der Waals surface area contributed by atoms with E-state index in [4.69, 9.17) is 11.1 Å². The average molecular weight is 208 g/mol. The maximum atomic E-state index is 7.29. The molecule has 0 fully saturated rings. The van der Waals surface area contributed by atoms with Crippen LogP contribution in [0.3, 0.4) is 0 Å². The van der Waals surface area contributed by atoms with Crippen LogP contribution in [-0.2, 0) is 6.42 Å². The molecule has 3 N–H and O–H groups in total.